The van der Waals surface area contributed by atoms with Crippen molar-refractivity contribution in [3.8, 4) is 35.7 Å². The summed E-state index contributed by atoms with van der Waals surface area (Å²) in [6.45, 7) is 2.28. The van der Waals surface area contributed by atoms with Crippen molar-refractivity contribution in [2.24, 2.45) is 0 Å². The molecule has 1 saturated heterocycles. The molecule has 6 heteroatoms. The molecule has 2 aliphatic rings. The van der Waals surface area contributed by atoms with Gasteiger partial charge in [0.2, 0.25) is 0 Å². The molecule has 9 rings (SSSR count). The van der Waals surface area contributed by atoms with Gasteiger partial charge in [-0.15, -0.1) is 45.3 Å². The number of hydrogen-bond donors (Lipinski definition) is 0. The van der Waals surface area contributed by atoms with Gasteiger partial charge in [-0.3, -0.25) is 0 Å². The largest absolute Gasteiger partial charge is 0.472 e. The van der Waals surface area contributed by atoms with Crippen molar-refractivity contribution >= 4 is 67.9 Å². The fourth-order valence-electron chi connectivity index (χ4n) is 6.69. The molecule has 1 fully saturated rings. The second-order valence-corrected chi connectivity index (χ2v) is 15.6. The third-order valence-corrected chi connectivity index (χ3v) is 13.4. The zero-order chi connectivity index (χ0) is 29.8. The smallest absolute Gasteiger partial charge is 0.187 e. The van der Waals surface area contributed by atoms with Gasteiger partial charge >= 0.3 is 0 Å². The molecule has 2 nitrogen and oxygen atoms in total. The normalized spacial score (nSPS) is 17.6. The highest BCUT2D eigenvalue weighted by Crippen LogP contribution is 2.49. The predicted octanol–water partition coefficient (Wildman–Crippen LogP) is 12.0. The number of fused-ring (bicyclic) bond motifs is 3. The topological polar surface area (TPSA) is 12.5 Å². The Morgan fingerprint density at radius 3 is 2.09 bits per heavy atom. The minimum absolute atomic E-state index is 0.703. The van der Waals surface area contributed by atoms with Crippen molar-refractivity contribution in [2.45, 2.75) is 18.4 Å². The average molecular weight is 656 g/mol. The van der Waals surface area contributed by atoms with Crippen molar-refractivity contribution in [3.63, 3.8) is 0 Å². The first-order valence-corrected chi connectivity index (χ1v) is 18.7. The molecule has 0 N–H and O–H groups in total. The standard InChI is InChI=1S/C39H29NOS4/c1-2-23-40(22-1)27-12-10-26(11-13-27)39(38-19-18-37(45-38)35-9-5-25-43-35)21-20-30-28-6-3-7-31(29(28)14-15-32(30)41-39)33-16-17-36(44-33)34-8-4-24-42-34/h3-21,24-25H,1-2,22-23H2. The van der Waals surface area contributed by atoms with E-state index in [4.69, 9.17) is 4.74 Å². The number of rotatable bonds is 6. The Bertz CT molecular complexity index is 2140. The fourth-order valence-corrected chi connectivity index (χ4v) is 10.5. The first kappa shape index (κ1) is 27.4. The summed E-state index contributed by atoms with van der Waals surface area (Å²) < 4.78 is 7.21. The molecule has 0 bridgehead atoms. The Kier molecular flexibility index (Phi) is 6.78. The zero-order valence-electron chi connectivity index (χ0n) is 24.4. The van der Waals surface area contributed by atoms with Crippen LogP contribution < -0.4 is 9.64 Å². The first-order valence-electron chi connectivity index (χ1n) is 15.3. The van der Waals surface area contributed by atoms with Gasteiger partial charge in [-0.1, -0.05) is 42.5 Å². The third kappa shape index (κ3) is 4.70. The second-order valence-electron chi connectivity index (χ2n) is 11.6. The molecule has 0 saturated carbocycles. The number of benzene rings is 3. The van der Waals surface area contributed by atoms with Crippen molar-refractivity contribution in [2.75, 3.05) is 18.0 Å². The Morgan fingerprint density at radius 1 is 0.600 bits per heavy atom. The lowest BCUT2D eigenvalue weighted by molar-refractivity contribution is 0.165. The van der Waals surface area contributed by atoms with Gasteiger partial charge in [0.25, 0.3) is 0 Å². The number of anilines is 1. The summed E-state index contributed by atoms with van der Waals surface area (Å²) in [7, 11) is 0. The molecule has 220 valence electrons. The van der Waals surface area contributed by atoms with Crippen molar-refractivity contribution in [1.29, 1.82) is 0 Å². The van der Waals surface area contributed by atoms with Gasteiger partial charge < -0.3 is 9.64 Å². The van der Waals surface area contributed by atoms with Crippen LogP contribution in [0.2, 0.25) is 0 Å². The molecule has 6 heterocycles. The lowest BCUT2D eigenvalue weighted by Crippen LogP contribution is -2.33. The van der Waals surface area contributed by atoms with E-state index in [9.17, 15) is 0 Å². The fraction of sp³-hybridized carbons (Fsp3) is 0.128. The molecular weight excluding hydrogens is 627 g/mol. The highest BCUT2D eigenvalue weighted by molar-refractivity contribution is 7.23. The van der Waals surface area contributed by atoms with Crippen LogP contribution >= 0.6 is 45.3 Å². The quantitative estimate of drug-likeness (QED) is 0.177. The van der Waals surface area contributed by atoms with E-state index in [0.29, 0.717) is 0 Å². The molecule has 1 unspecified atom stereocenters. The summed E-state index contributed by atoms with van der Waals surface area (Å²) >= 11 is 7.27. The summed E-state index contributed by atoms with van der Waals surface area (Å²) in [6.07, 6.45) is 7.13. The van der Waals surface area contributed by atoms with E-state index in [2.05, 4.69) is 131 Å². The van der Waals surface area contributed by atoms with Crippen LogP contribution in [0.25, 0.3) is 46.8 Å². The Labute approximate surface area is 279 Å². The molecular formula is C39H29NOS4. The van der Waals surface area contributed by atoms with E-state index >= 15 is 0 Å². The van der Waals surface area contributed by atoms with Crippen LogP contribution in [0.1, 0.15) is 28.8 Å². The van der Waals surface area contributed by atoms with Crippen molar-refractivity contribution in [3.05, 3.63) is 136 Å². The molecule has 0 aliphatic carbocycles. The molecule has 2 aliphatic heterocycles. The maximum atomic E-state index is 7.21. The van der Waals surface area contributed by atoms with Crippen molar-refractivity contribution < 1.29 is 4.74 Å². The van der Waals surface area contributed by atoms with Crippen LogP contribution in [0.5, 0.6) is 5.75 Å². The summed E-state index contributed by atoms with van der Waals surface area (Å²) in [5, 5.41) is 6.76. The predicted molar refractivity (Wildman–Crippen MR) is 197 cm³/mol. The number of nitrogens with zero attached hydrogens (tertiary/aromatic N) is 1. The van der Waals surface area contributed by atoms with Gasteiger partial charge in [0.15, 0.2) is 5.60 Å². The molecule has 0 spiro atoms. The molecule has 0 radical (unpaired) electrons. The van der Waals surface area contributed by atoms with Crippen LogP contribution in [0.3, 0.4) is 0 Å². The average Bonchev–Trinajstić information content (AvgIpc) is 3.93. The molecule has 4 aromatic heterocycles. The maximum Gasteiger partial charge on any atom is 0.187 e. The van der Waals surface area contributed by atoms with Crippen LogP contribution in [0.15, 0.2) is 120 Å². The van der Waals surface area contributed by atoms with Crippen LogP contribution in [-0.4, -0.2) is 13.1 Å². The van der Waals surface area contributed by atoms with Crippen LogP contribution in [0.4, 0.5) is 5.69 Å². The van der Waals surface area contributed by atoms with Gasteiger partial charge in [-0.05, 0) is 113 Å². The summed E-state index contributed by atoms with van der Waals surface area (Å²) in [5.41, 5.74) is 4.16. The minimum atomic E-state index is -0.703. The molecule has 45 heavy (non-hydrogen) atoms. The highest BCUT2D eigenvalue weighted by Gasteiger charge is 2.39. The monoisotopic (exact) mass is 655 g/mol. The Morgan fingerprint density at radius 2 is 1.33 bits per heavy atom. The van der Waals surface area contributed by atoms with E-state index in [1.165, 1.54) is 64.1 Å². The lowest BCUT2D eigenvalue weighted by atomic mass is 9.87. The summed E-state index contributed by atoms with van der Waals surface area (Å²) in [6, 6.07) is 37.9. The summed E-state index contributed by atoms with van der Waals surface area (Å²) in [4.78, 5) is 10.2. The van der Waals surface area contributed by atoms with Gasteiger partial charge in [0, 0.05) is 54.3 Å². The number of hydrogen-bond acceptors (Lipinski definition) is 6. The van der Waals surface area contributed by atoms with Crippen molar-refractivity contribution in [1.82, 2.24) is 0 Å². The highest BCUT2D eigenvalue weighted by atomic mass is 32.1. The third-order valence-electron chi connectivity index (χ3n) is 8.96. The molecule has 0 amide bonds. The second kappa shape index (κ2) is 11.1. The Balaban J connectivity index is 1.14. The van der Waals surface area contributed by atoms with Crippen LogP contribution in [0, 0.1) is 0 Å². The van der Waals surface area contributed by atoms with Gasteiger partial charge in [0.1, 0.15) is 5.75 Å². The molecule has 7 aromatic rings. The lowest BCUT2D eigenvalue weighted by Gasteiger charge is -2.35. The number of ether oxygens (including phenoxy) is 1. The Hall–Kier alpha value is -3.94. The summed E-state index contributed by atoms with van der Waals surface area (Å²) in [5.74, 6) is 0.919. The molecule has 1 atom stereocenters. The SMILES string of the molecule is C1=CC(c2ccc(N3CCCC3)cc2)(c2ccc(-c3cccs3)s2)Oc2ccc3c(-c4ccc(-c5cccs5)s4)cccc3c21. The van der Waals surface area contributed by atoms with E-state index in [-0.39, 0.29) is 0 Å². The van der Waals surface area contributed by atoms with E-state index in [1.807, 2.05) is 22.7 Å². The van der Waals surface area contributed by atoms with Gasteiger partial charge in [0.05, 0.1) is 4.88 Å². The zero-order valence-corrected chi connectivity index (χ0v) is 27.7. The number of thiophene rings is 4. The van der Waals surface area contributed by atoms with E-state index < -0.39 is 5.60 Å². The van der Waals surface area contributed by atoms with Gasteiger partial charge in [-0.2, -0.15) is 0 Å². The first-order chi connectivity index (χ1) is 22.2. The van der Waals surface area contributed by atoms with Crippen LogP contribution in [-0.2, 0) is 5.60 Å². The maximum absolute atomic E-state index is 7.21. The van der Waals surface area contributed by atoms with Gasteiger partial charge in [-0.25, -0.2) is 0 Å². The molecule has 3 aromatic carbocycles. The minimum Gasteiger partial charge on any atom is -0.472 e. The van der Waals surface area contributed by atoms with E-state index in [1.54, 1.807) is 22.7 Å². The van der Waals surface area contributed by atoms with E-state index in [0.717, 1.165) is 30.0 Å².